The highest BCUT2D eigenvalue weighted by molar-refractivity contribution is 6.18. The van der Waals surface area contributed by atoms with Crippen LogP contribution in [0.5, 0.6) is 0 Å². The molecule has 1 heterocycles. The molecule has 1 aliphatic rings. The number of hydrogen-bond acceptors (Lipinski definition) is 4. The van der Waals surface area contributed by atoms with E-state index in [0.29, 0.717) is 0 Å². The number of alkyl halides is 2. The van der Waals surface area contributed by atoms with E-state index in [-0.39, 0.29) is 25.0 Å². The first-order valence-electron chi connectivity index (χ1n) is 3.38. The SMILES string of the molecule is OC1(CCl)COC(O)(CCl)CO1. The maximum Gasteiger partial charge on any atom is 0.203 e. The first-order chi connectivity index (χ1) is 5.54. The van der Waals surface area contributed by atoms with Crippen LogP contribution in [0.2, 0.25) is 0 Å². The Morgan fingerprint density at radius 1 is 1.00 bits per heavy atom. The van der Waals surface area contributed by atoms with Crippen LogP contribution >= 0.6 is 23.2 Å². The van der Waals surface area contributed by atoms with Crippen molar-refractivity contribution < 1.29 is 19.7 Å². The van der Waals surface area contributed by atoms with E-state index in [9.17, 15) is 10.2 Å². The Morgan fingerprint density at radius 3 is 1.50 bits per heavy atom. The van der Waals surface area contributed by atoms with Gasteiger partial charge in [-0.05, 0) is 0 Å². The van der Waals surface area contributed by atoms with Gasteiger partial charge in [0.05, 0.1) is 11.8 Å². The summed E-state index contributed by atoms with van der Waals surface area (Å²) >= 11 is 10.8. The van der Waals surface area contributed by atoms with Crippen molar-refractivity contribution in [3.8, 4) is 0 Å². The number of rotatable bonds is 2. The molecule has 1 rings (SSSR count). The molecule has 0 saturated carbocycles. The Labute approximate surface area is 80.0 Å². The van der Waals surface area contributed by atoms with E-state index in [0.717, 1.165) is 0 Å². The smallest absolute Gasteiger partial charge is 0.203 e. The molecule has 2 atom stereocenters. The minimum absolute atomic E-state index is 0.106. The zero-order valence-electron chi connectivity index (χ0n) is 6.30. The average Bonchev–Trinajstić information content (AvgIpc) is 2.11. The van der Waals surface area contributed by atoms with Crippen molar-refractivity contribution in [2.24, 2.45) is 0 Å². The molecule has 0 aliphatic carbocycles. The minimum atomic E-state index is -1.50. The molecule has 1 aliphatic heterocycles. The van der Waals surface area contributed by atoms with Crippen LogP contribution in [0, 0.1) is 0 Å². The first-order valence-corrected chi connectivity index (χ1v) is 4.45. The van der Waals surface area contributed by atoms with E-state index in [1.54, 1.807) is 0 Å². The van der Waals surface area contributed by atoms with Gasteiger partial charge in [0.25, 0.3) is 0 Å². The molecule has 12 heavy (non-hydrogen) atoms. The summed E-state index contributed by atoms with van der Waals surface area (Å²) in [6.07, 6.45) is 0. The maximum absolute atomic E-state index is 9.37. The highest BCUT2D eigenvalue weighted by Gasteiger charge is 2.41. The lowest BCUT2D eigenvalue weighted by Crippen LogP contribution is -2.55. The molecule has 6 heteroatoms. The van der Waals surface area contributed by atoms with E-state index in [1.165, 1.54) is 0 Å². The van der Waals surface area contributed by atoms with Gasteiger partial charge in [0.1, 0.15) is 13.2 Å². The van der Waals surface area contributed by atoms with E-state index in [2.05, 4.69) is 0 Å². The molecule has 2 N–H and O–H groups in total. The van der Waals surface area contributed by atoms with Gasteiger partial charge in [0.2, 0.25) is 11.6 Å². The zero-order chi connectivity index (χ0) is 9.24. The summed E-state index contributed by atoms with van der Waals surface area (Å²) in [6, 6.07) is 0. The van der Waals surface area contributed by atoms with Crippen LogP contribution in [0.1, 0.15) is 0 Å². The van der Waals surface area contributed by atoms with Gasteiger partial charge in [0, 0.05) is 0 Å². The monoisotopic (exact) mass is 216 g/mol. The van der Waals surface area contributed by atoms with Crippen LogP contribution < -0.4 is 0 Å². The predicted octanol–water partition coefficient (Wildman–Crippen LogP) is -0.112. The molecule has 2 unspecified atom stereocenters. The van der Waals surface area contributed by atoms with E-state index in [1.807, 2.05) is 0 Å². The Bertz CT molecular complexity index is 138. The molecule has 0 spiro atoms. The standard InChI is InChI=1S/C6H10Cl2O4/c7-1-5(9)3-12-6(10,2-8)4-11-5/h9-10H,1-4H2. The fourth-order valence-electron chi connectivity index (χ4n) is 0.732. The van der Waals surface area contributed by atoms with Crippen molar-refractivity contribution in [1.29, 1.82) is 0 Å². The van der Waals surface area contributed by atoms with Gasteiger partial charge < -0.3 is 19.7 Å². The quantitative estimate of drug-likeness (QED) is 0.633. The topological polar surface area (TPSA) is 58.9 Å². The van der Waals surface area contributed by atoms with Crippen LogP contribution in [0.3, 0.4) is 0 Å². The average molecular weight is 217 g/mol. The molecule has 0 aromatic rings. The van der Waals surface area contributed by atoms with E-state index in [4.69, 9.17) is 32.7 Å². The Hall–Kier alpha value is 0.420. The third-order valence-electron chi connectivity index (χ3n) is 1.55. The summed E-state index contributed by atoms with van der Waals surface area (Å²) in [7, 11) is 0. The van der Waals surface area contributed by atoms with Crippen molar-refractivity contribution in [1.82, 2.24) is 0 Å². The normalized spacial score (nSPS) is 43.0. The lowest BCUT2D eigenvalue weighted by atomic mass is 10.2. The number of halogens is 2. The highest BCUT2D eigenvalue weighted by Crippen LogP contribution is 2.23. The van der Waals surface area contributed by atoms with E-state index >= 15 is 0 Å². The minimum Gasteiger partial charge on any atom is -0.363 e. The molecule has 0 radical (unpaired) electrons. The van der Waals surface area contributed by atoms with Gasteiger partial charge in [-0.25, -0.2) is 0 Å². The lowest BCUT2D eigenvalue weighted by Gasteiger charge is -2.38. The molecule has 0 amide bonds. The summed E-state index contributed by atoms with van der Waals surface area (Å²) in [5.74, 6) is -3.21. The largest absolute Gasteiger partial charge is 0.363 e. The number of aliphatic hydroxyl groups is 2. The van der Waals surface area contributed by atoms with Crippen molar-refractivity contribution in [3.63, 3.8) is 0 Å². The number of ether oxygens (including phenoxy) is 2. The summed E-state index contributed by atoms with van der Waals surface area (Å²) in [6.45, 7) is -0.362. The van der Waals surface area contributed by atoms with Gasteiger partial charge in [-0.3, -0.25) is 0 Å². The fourth-order valence-corrected chi connectivity index (χ4v) is 1.04. The zero-order valence-corrected chi connectivity index (χ0v) is 7.81. The van der Waals surface area contributed by atoms with Crippen molar-refractivity contribution in [2.45, 2.75) is 11.6 Å². The molecular formula is C6H10Cl2O4. The van der Waals surface area contributed by atoms with Crippen LogP contribution in [-0.2, 0) is 9.47 Å². The molecule has 1 fully saturated rings. The van der Waals surface area contributed by atoms with Crippen molar-refractivity contribution in [2.75, 3.05) is 25.0 Å². The Kier molecular flexibility index (Phi) is 3.20. The van der Waals surface area contributed by atoms with Crippen molar-refractivity contribution >= 4 is 23.2 Å². The fraction of sp³-hybridized carbons (Fsp3) is 1.00. The van der Waals surface area contributed by atoms with Gasteiger partial charge in [-0.2, -0.15) is 0 Å². The summed E-state index contributed by atoms with van der Waals surface area (Å²) in [5, 5.41) is 18.7. The molecule has 0 aromatic carbocycles. The highest BCUT2D eigenvalue weighted by atomic mass is 35.5. The summed E-state index contributed by atoms with van der Waals surface area (Å²) in [4.78, 5) is 0. The summed E-state index contributed by atoms with van der Waals surface area (Å²) in [5.41, 5.74) is 0. The van der Waals surface area contributed by atoms with Crippen LogP contribution in [0.4, 0.5) is 0 Å². The van der Waals surface area contributed by atoms with Crippen LogP contribution in [0.15, 0.2) is 0 Å². The predicted molar refractivity (Wildman–Crippen MR) is 43.2 cm³/mol. The molecule has 72 valence electrons. The molecular weight excluding hydrogens is 207 g/mol. The van der Waals surface area contributed by atoms with Crippen molar-refractivity contribution in [3.05, 3.63) is 0 Å². The second-order valence-corrected chi connectivity index (χ2v) is 3.27. The third kappa shape index (κ3) is 2.22. The second kappa shape index (κ2) is 3.65. The Balaban J connectivity index is 2.49. The van der Waals surface area contributed by atoms with Crippen LogP contribution in [-0.4, -0.2) is 46.8 Å². The summed E-state index contributed by atoms with van der Waals surface area (Å²) < 4.78 is 9.77. The second-order valence-electron chi connectivity index (χ2n) is 2.74. The molecule has 0 bridgehead atoms. The first kappa shape index (κ1) is 10.5. The number of hydrogen-bond donors (Lipinski definition) is 2. The lowest BCUT2D eigenvalue weighted by molar-refractivity contribution is -0.350. The van der Waals surface area contributed by atoms with Crippen LogP contribution in [0.25, 0.3) is 0 Å². The van der Waals surface area contributed by atoms with E-state index < -0.39 is 11.6 Å². The van der Waals surface area contributed by atoms with Gasteiger partial charge in [0.15, 0.2) is 0 Å². The Morgan fingerprint density at radius 2 is 1.33 bits per heavy atom. The molecule has 4 nitrogen and oxygen atoms in total. The van der Waals surface area contributed by atoms with Gasteiger partial charge >= 0.3 is 0 Å². The third-order valence-corrected chi connectivity index (χ3v) is 2.39. The van der Waals surface area contributed by atoms with Gasteiger partial charge in [-0.1, -0.05) is 0 Å². The van der Waals surface area contributed by atoms with Gasteiger partial charge in [-0.15, -0.1) is 23.2 Å². The molecule has 0 aromatic heterocycles. The molecule has 1 saturated heterocycles. The maximum atomic E-state index is 9.37.